The zero-order chi connectivity index (χ0) is 17.2. The first kappa shape index (κ1) is 18.9. The summed E-state index contributed by atoms with van der Waals surface area (Å²) in [6.45, 7) is 2.88. The predicted molar refractivity (Wildman–Crippen MR) is 103 cm³/mol. The first-order valence-electron chi connectivity index (χ1n) is 8.44. The maximum absolute atomic E-state index is 5.57. The Balaban J connectivity index is 0.00000196. The summed E-state index contributed by atoms with van der Waals surface area (Å²) in [5.74, 6) is 0.887. The van der Waals surface area contributed by atoms with Crippen molar-refractivity contribution in [3.63, 3.8) is 0 Å². The normalized spacial score (nSPS) is 10.5. The molecule has 0 saturated heterocycles. The predicted octanol–water partition coefficient (Wildman–Crippen LogP) is 5.47. The molecule has 3 heteroatoms. The van der Waals surface area contributed by atoms with Gasteiger partial charge in [0.1, 0.15) is 5.75 Å². The molecule has 0 spiro atoms. The van der Waals surface area contributed by atoms with E-state index < -0.39 is 0 Å². The van der Waals surface area contributed by atoms with E-state index in [4.69, 9.17) is 4.74 Å². The minimum atomic E-state index is 0. The van der Waals surface area contributed by atoms with Gasteiger partial charge in [0.25, 0.3) is 0 Å². The Morgan fingerprint density at radius 3 is 2.62 bits per heavy atom. The second kappa shape index (κ2) is 8.20. The third-order valence-electron chi connectivity index (χ3n) is 4.58. The summed E-state index contributed by atoms with van der Waals surface area (Å²) < 4.78 is 7.85. The van der Waals surface area contributed by atoms with Crippen molar-refractivity contribution >= 4 is 10.9 Å². The molecule has 0 fully saturated rings. The van der Waals surface area contributed by atoms with Gasteiger partial charge >= 0.3 is 0 Å². The molecule has 26 heavy (non-hydrogen) atoms. The first-order chi connectivity index (χ1) is 12.2. The molecule has 0 amide bonds. The second-order valence-corrected chi connectivity index (χ2v) is 6.30. The van der Waals surface area contributed by atoms with E-state index in [1.165, 1.54) is 16.5 Å². The van der Waals surface area contributed by atoms with Crippen LogP contribution in [0.3, 0.4) is 0 Å². The fourth-order valence-electron chi connectivity index (χ4n) is 3.22. The molecule has 127 valence electrons. The molecule has 1 radical (unpaired) electrons. The molecule has 0 atom stereocenters. The summed E-state index contributed by atoms with van der Waals surface area (Å²) in [6, 6.07) is 26.5. The maximum Gasteiger partial charge on any atom is 0.114 e. The van der Waals surface area contributed by atoms with Crippen LogP contribution >= 0.6 is 0 Å². The summed E-state index contributed by atoms with van der Waals surface area (Å²) in [7, 11) is 1.72. The van der Waals surface area contributed by atoms with Gasteiger partial charge in [-0.1, -0.05) is 37.3 Å². The van der Waals surface area contributed by atoms with Crippen LogP contribution in [0, 0.1) is 13.0 Å². The summed E-state index contributed by atoms with van der Waals surface area (Å²) in [5.41, 5.74) is 5.87. The van der Waals surface area contributed by atoms with Crippen LogP contribution in [-0.2, 0) is 39.3 Å². The number of para-hydroxylation sites is 1. The van der Waals surface area contributed by atoms with Gasteiger partial charge in [0, 0.05) is 51.0 Å². The van der Waals surface area contributed by atoms with E-state index in [9.17, 15) is 0 Å². The summed E-state index contributed by atoms with van der Waals surface area (Å²) in [4.78, 5) is 0. The molecule has 0 N–H and O–H groups in total. The third-order valence-corrected chi connectivity index (χ3v) is 4.58. The fourth-order valence-corrected chi connectivity index (χ4v) is 3.22. The number of hydrogen-bond donors (Lipinski definition) is 0. The third kappa shape index (κ3) is 3.77. The number of hydrogen-bond acceptors (Lipinski definition) is 1. The average Bonchev–Trinajstić information content (AvgIpc) is 3.05. The minimum Gasteiger partial charge on any atom is -0.497 e. The molecule has 0 aliphatic carbocycles. The molecule has 1 heterocycles. The molecule has 0 aliphatic rings. The van der Waals surface area contributed by atoms with Crippen molar-refractivity contribution in [3.05, 3.63) is 90.1 Å². The van der Waals surface area contributed by atoms with Crippen LogP contribution in [0.1, 0.15) is 11.1 Å². The largest absolute Gasteiger partial charge is 0.497 e. The molecule has 0 bridgehead atoms. The van der Waals surface area contributed by atoms with Crippen molar-refractivity contribution in [2.75, 3.05) is 7.11 Å². The van der Waals surface area contributed by atoms with Crippen molar-refractivity contribution in [3.8, 4) is 16.9 Å². The van der Waals surface area contributed by atoms with Crippen LogP contribution < -0.4 is 4.74 Å². The Morgan fingerprint density at radius 2 is 1.85 bits per heavy atom. The van der Waals surface area contributed by atoms with Gasteiger partial charge in [-0.05, 0) is 34.7 Å². The Bertz CT molecular complexity index is 1020. The van der Waals surface area contributed by atoms with Crippen LogP contribution in [-0.4, -0.2) is 11.7 Å². The number of ether oxygens (including phenoxy) is 1. The van der Waals surface area contributed by atoms with Gasteiger partial charge in [0.2, 0.25) is 0 Å². The van der Waals surface area contributed by atoms with Gasteiger partial charge in [-0.25, -0.2) is 0 Å². The molecule has 0 saturated carbocycles. The van der Waals surface area contributed by atoms with E-state index >= 15 is 0 Å². The van der Waals surface area contributed by atoms with Crippen molar-refractivity contribution < 1.29 is 37.4 Å². The quantitative estimate of drug-likeness (QED) is 0.403. The fraction of sp³-hybridized carbons (Fsp3) is 0.130. The van der Waals surface area contributed by atoms with Crippen molar-refractivity contribution in [1.82, 2.24) is 4.57 Å². The molecule has 4 rings (SSSR count). The smallest absolute Gasteiger partial charge is 0.114 e. The van der Waals surface area contributed by atoms with Crippen molar-refractivity contribution in [1.29, 1.82) is 0 Å². The molecule has 3 aromatic carbocycles. The van der Waals surface area contributed by atoms with Gasteiger partial charge in [0.15, 0.2) is 0 Å². The van der Waals surface area contributed by atoms with Gasteiger partial charge in [-0.3, -0.25) is 0 Å². The number of aryl methyl sites for hydroxylation is 1. The molecule has 2 nitrogen and oxygen atoms in total. The number of fused-ring (bicyclic) bond motifs is 1. The van der Waals surface area contributed by atoms with Crippen LogP contribution in [0.25, 0.3) is 22.0 Å². The molecule has 0 aliphatic heterocycles. The maximum atomic E-state index is 5.57. The molecular formula is C23H20NOY-. The van der Waals surface area contributed by atoms with Gasteiger partial charge < -0.3 is 9.30 Å². The van der Waals surface area contributed by atoms with Crippen LogP contribution in [0.4, 0.5) is 0 Å². The second-order valence-electron chi connectivity index (χ2n) is 6.30. The molecule has 1 aromatic heterocycles. The van der Waals surface area contributed by atoms with Crippen molar-refractivity contribution in [2.24, 2.45) is 0 Å². The van der Waals surface area contributed by atoms with Gasteiger partial charge in [0.05, 0.1) is 7.11 Å². The van der Waals surface area contributed by atoms with E-state index in [-0.39, 0.29) is 32.7 Å². The van der Waals surface area contributed by atoms with E-state index in [0.717, 1.165) is 29.0 Å². The van der Waals surface area contributed by atoms with Gasteiger partial charge in [-0.2, -0.15) is 29.8 Å². The molecular weight excluding hydrogens is 395 g/mol. The Kier molecular flexibility index (Phi) is 5.95. The zero-order valence-electron chi connectivity index (χ0n) is 15.1. The van der Waals surface area contributed by atoms with E-state index in [1.54, 1.807) is 7.11 Å². The summed E-state index contributed by atoms with van der Waals surface area (Å²) in [6.07, 6.45) is 2.15. The van der Waals surface area contributed by atoms with E-state index in [1.807, 2.05) is 6.07 Å². The number of nitrogens with zero attached hydrogens (tertiary/aromatic N) is 1. The number of rotatable bonds is 4. The van der Waals surface area contributed by atoms with Crippen LogP contribution in [0.2, 0.25) is 0 Å². The number of methoxy groups -OCH3 is 1. The van der Waals surface area contributed by atoms with Crippen LogP contribution in [0.15, 0.2) is 72.9 Å². The standard InChI is InChI=1S/C23H20NO.Y/c1-17-7-10-19(11-8-17)21-15-18(9-12-23(21)25-2)16-24-14-13-20-5-3-4-6-22(20)24;/h3-7,9-15H,16H2,1-2H3;/q-1;. The van der Waals surface area contributed by atoms with E-state index in [0.29, 0.717) is 0 Å². The average molecular weight is 415 g/mol. The monoisotopic (exact) mass is 415 g/mol. The Morgan fingerprint density at radius 1 is 1.00 bits per heavy atom. The number of benzene rings is 3. The SMILES string of the molecule is COc1ccc(Cn2ccc3ccccc32)cc1-c1c[c-]c(C)cc1.[Y]. The number of aromatic nitrogens is 1. The molecule has 0 unspecified atom stereocenters. The minimum absolute atomic E-state index is 0. The van der Waals surface area contributed by atoms with Crippen molar-refractivity contribution in [2.45, 2.75) is 13.5 Å². The zero-order valence-corrected chi connectivity index (χ0v) is 17.9. The molecule has 4 aromatic rings. The Labute approximate surface area is 179 Å². The summed E-state index contributed by atoms with van der Waals surface area (Å²) >= 11 is 0. The van der Waals surface area contributed by atoms with E-state index in [2.05, 4.69) is 84.4 Å². The first-order valence-corrected chi connectivity index (χ1v) is 8.44. The van der Waals surface area contributed by atoms with Crippen LogP contribution in [0.5, 0.6) is 5.75 Å². The summed E-state index contributed by atoms with van der Waals surface area (Å²) in [5, 5.41) is 1.27. The Hall–Kier alpha value is -1.90. The van der Waals surface area contributed by atoms with Gasteiger partial charge in [-0.15, -0.1) is 5.56 Å². The topological polar surface area (TPSA) is 14.2 Å².